The van der Waals surface area contributed by atoms with Gasteiger partial charge in [0.2, 0.25) is 0 Å². The Balaban J connectivity index is 1.25. The minimum atomic E-state index is -0.0564. The van der Waals surface area contributed by atoms with Gasteiger partial charge in [0, 0.05) is 55.9 Å². The molecule has 1 aliphatic carbocycles. The summed E-state index contributed by atoms with van der Waals surface area (Å²) in [6, 6.07) is 0.395. The number of aromatic amines is 1. The summed E-state index contributed by atoms with van der Waals surface area (Å²) in [6.45, 7) is 2.93. The molecule has 1 aromatic heterocycles. The smallest absolute Gasteiger partial charge is 0.315 e. The Hall–Kier alpha value is -2.09. The first-order valence-electron chi connectivity index (χ1n) is 10.3. The van der Waals surface area contributed by atoms with Crippen LogP contribution in [0.4, 0.5) is 4.79 Å². The standard InChI is InChI=1S/C19H30N6O2/c26-18(17-15-12-20-9-6-16(15)23-24-17)25-10-7-14(8-11-25)22-19(27)21-13-4-2-1-3-5-13/h13-14,20H,1-12H2,(H,23,24)(H2,21,22,27). The molecule has 8 nitrogen and oxygen atoms in total. The number of piperidine rings is 1. The van der Waals surface area contributed by atoms with Gasteiger partial charge in [0.1, 0.15) is 0 Å². The molecular formula is C19H30N6O2. The van der Waals surface area contributed by atoms with E-state index >= 15 is 0 Å². The molecule has 2 aliphatic heterocycles. The molecule has 8 heteroatoms. The quantitative estimate of drug-likeness (QED) is 0.640. The number of nitrogens with zero attached hydrogens (tertiary/aromatic N) is 2. The van der Waals surface area contributed by atoms with Crippen molar-refractivity contribution in [3.05, 3.63) is 17.0 Å². The lowest BCUT2D eigenvalue weighted by Gasteiger charge is -2.33. The van der Waals surface area contributed by atoms with Gasteiger partial charge in [0.15, 0.2) is 5.69 Å². The number of hydrogen-bond donors (Lipinski definition) is 4. The van der Waals surface area contributed by atoms with Crippen LogP contribution in [0.25, 0.3) is 0 Å². The monoisotopic (exact) mass is 374 g/mol. The van der Waals surface area contributed by atoms with Crippen molar-refractivity contribution in [2.75, 3.05) is 19.6 Å². The number of likely N-dealkylation sites (tertiary alicyclic amines) is 1. The average Bonchev–Trinajstić information content (AvgIpc) is 3.13. The minimum Gasteiger partial charge on any atom is -0.337 e. The molecule has 3 aliphatic rings. The normalized spacial score (nSPS) is 21.6. The molecule has 0 aromatic carbocycles. The van der Waals surface area contributed by atoms with Crippen molar-refractivity contribution >= 4 is 11.9 Å². The maximum Gasteiger partial charge on any atom is 0.315 e. The largest absolute Gasteiger partial charge is 0.337 e. The highest BCUT2D eigenvalue weighted by molar-refractivity contribution is 5.94. The number of rotatable bonds is 3. The highest BCUT2D eigenvalue weighted by atomic mass is 16.2. The first-order chi connectivity index (χ1) is 13.2. The summed E-state index contributed by atoms with van der Waals surface area (Å²) < 4.78 is 0. The van der Waals surface area contributed by atoms with Gasteiger partial charge in [-0.25, -0.2) is 4.79 Å². The molecule has 0 spiro atoms. The summed E-state index contributed by atoms with van der Waals surface area (Å²) in [5.74, 6) is 0.00121. The fourth-order valence-corrected chi connectivity index (χ4v) is 4.44. The number of H-pyrrole nitrogens is 1. The Bertz CT molecular complexity index is 674. The minimum absolute atomic E-state index is 0.00121. The molecule has 4 rings (SSSR count). The van der Waals surface area contributed by atoms with Crippen molar-refractivity contribution in [1.82, 2.24) is 31.0 Å². The van der Waals surface area contributed by atoms with Crippen LogP contribution in [0.15, 0.2) is 0 Å². The molecular weight excluding hydrogens is 344 g/mol. The number of hydrogen-bond acceptors (Lipinski definition) is 4. The Labute approximate surface area is 159 Å². The van der Waals surface area contributed by atoms with E-state index in [-0.39, 0.29) is 18.0 Å². The van der Waals surface area contributed by atoms with Gasteiger partial charge in [-0.2, -0.15) is 5.10 Å². The number of fused-ring (bicyclic) bond motifs is 1. The predicted molar refractivity (Wildman–Crippen MR) is 101 cm³/mol. The van der Waals surface area contributed by atoms with Crippen molar-refractivity contribution in [2.45, 2.75) is 70.0 Å². The highest BCUT2D eigenvalue weighted by Crippen LogP contribution is 2.20. The van der Waals surface area contributed by atoms with Crippen LogP contribution in [-0.2, 0) is 13.0 Å². The molecule has 1 saturated carbocycles. The van der Waals surface area contributed by atoms with E-state index in [0.29, 0.717) is 31.4 Å². The molecule has 3 amide bonds. The Morgan fingerprint density at radius 3 is 2.44 bits per heavy atom. The Kier molecular flexibility index (Phi) is 5.61. The zero-order chi connectivity index (χ0) is 18.6. The van der Waals surface area contributed by atoms with E-state index in [4.69, 9.17) is 0 Å². The van der Waals surface area contributed by atoms with Gasteiger partial charge in [0.25, 0.3) is 5.91 Å². The zero-order valence-corrected chi connectivity index (χ0v) is 15.9. The third-order valence-corrected chi connectivity index (χ3v) is 6.07. The fraction of sp³-hybridized carbons (Fsp3) is 0.737. The van der Waals surface area contributed by atoms with Crippen molar-refractivity contribution in [3.8, 4) is 0 Å². The lowest BCUT2D eigenvalue weighted by Crippen LogP contribution is -2.51. The van der Waals surface area contributed by atoms with Gasteiger partial charge in [0.05, 0.1) is 0 Å². The van der Waals surface area contributed by atoms with Crippen LogP contribution in [0.5, 0.6) is 0 Å². The molecule has 0 bridgehead atoms. The van der Waals surface area contributed by atoms with Crippen LogP contribution in [-0.4, -0.2) is 58.8 Å². The third kappa shape index (κ3) is 4.26. The first kappa shape index (κ1) is 18.3. The van der Waals surface area contributed by atoms with E-state index in [0.717, 1.165) is 49.9 Å². The number of carbonyl (C=O) groups excluding carboxylic acids is 2. The van der Waals surface area contributed by atoms with Gasteiger partial charge >= 0.3 is 6.03 Å². The van der Waals surface area contributed by atoms with E-state index in [1.54, 1.807) is 0 Å². The van der Waals surface area contributed by atoms with Gasteiger partial charge in [-0.15, -0.1) is 0 Å². The number of aromatic nitrogens is 2. The molecule has 3 heterocycles. The molecule has 1 saturated heterocycles. The zero-order valence-electron chi connectivity index (χ0n) is 15.9. The summed E-state index contributed by atoms with van der Waals surface area (Å²) in [5, 5.41) is 16.8. The van der Waals surface area contributed by atoms with Crippen LogP contribution in [0.2, 0.25) is 0 Å². The van der Waals surface area contributed by atoms with E-state index in [9.17, 15) is 9.59 Å². The Morgan fingerprint density at radius 1 is 1.00 bits per heavy atom. The van der Waals surface area contributed by atoms with Crippen molar-refractivity contribution in [3.63, 3.8) is 0 Å². The lowest BCUT2D eigenvalue weighted by molar-refractivity contribution is 0.0701. The second-order valence-corrected chi connectivity index (χ2v) is 7.98. The summed E-state index contributed by atoms with van der Waals surface area (Å²) >= 11 is 0. The molecule has 4 N–H and O–H groups in total. The molecule has 1 aromatic rings. The van der Waals surface area contributed by atoms with Crippen LogP contribution in [0.3, 0.4) is 0 Å². The molecule has 148 valence electrons. The summed E-state index contributed by atoms with van der Waals surface area (Å²) in [5.41, 5.74) is 2.64. The topological polar surface area (TPSA) is 102 Å². The summed E-state index contributed by atoms with van der Waals surface area (Å²) in [7, 11) is 0. The number of carbonyl (C=O) groups is 2. The van der Waals surface area contributed by atoms with Gasteiger partial charge in [-0.05, 0) is 25.7 Å². The Morgan fingerprint density at radius 2 is 1.70 bits per heavy atom. The molecule has 27 heavy (non-hydrogen) atoms. The third-order valence-electron chi connectivity index (χ3n) is 6.07. The summed E-state index contributed by atoms with van der Waals surface area (Å²) in [4.78, 5) is 26.9. The van der Waals surface area contributed by atoms with Crippen LogP contribution in [0, 0.1) is 0 Å². The van der Waals surface area contributed by atoms with Crippen LogP contribution < -0.4 is 16.0 Å². The van der Waals surface area contributed by atoms with E-state index < -0.39 is 0 Å². The number of amides is 3. The SMILES string of the molecule is O=C(NC1CCCCC1)NC1CCN(C(=O)c2n[nH]c3c2CNCC3)CC1. The van der Waals surface area contributed by atoms with E-state index in [1.807, 2.05) is 4.90 Å². The molecule has 0 radical (unpaired) electrons. The second-order valence-electron chi connectivity index (χ2n) is 7.98. The van der Waals surface area contributed by atoms with Crippen molar-refractivity contribution < 1.29 is 9.59 Å². The number of urea groups is 1. The maximum absolute atomic E-state index is 12.8. The summed E-state index contributed by atoms with van der Waals surface area (Å²) in [6.07, 6.45) is 8.32. The predicted octanol–water partition coefficient (Wildman–Crippen LogP) is 1.29. The van der Waals surface area contributed by atoms with Crippen LogP contribution >= 0.6 is 0 Å². The average molecular weight is 374 g/mol. The van der Waals surface area contributed by atoms with Crippen molar-refractivity contribution in [1.29, 1.82) is 0 Å². The molecule has 0 atom stereocenters. The van der Waals surface area contributed by atoms with Gasteiger partial charge < -0.3 is 20.9 Å². The van der Waals surface area contributed by atoms with Crippen molar-refractivity contribution in [2.24, 2.45) is 0 Å². The van der Waals surface area contributed by atoms with Gasteiger partial charge in [-0.1, -0.05) is 19.3 Å². The number of nitrogens with one attached hydrogen (secondary N) is 4. The lowest BCUT2D eigenvalue weighted by atomic mass is 9.96. The fourth-order valence-electron chi connectivity index (χ4n) is 4.44. The van der Waals surface area contributed by atoms with Gasteiger partial charge in [-0.3, -0.25) is 9.89 Å². The highest BCUT2D eigenvalue weighted by Gasteiger charge is 2.29. The van der Waals surface area contributed by atoms with E-state index in [2.05, 4.69) is 26.1 Å². The molecule has 0 unspecified atom stereocenters. The van der Waals surface area contributed by atoms with E-state index in [1.165, 1.54) is 19.3 Å². The first-order valence-corrected chi connectivity index (χ1v) is 10.3. The molecule has 2 fully saturated rings. The maximum atomic E-state index is 12.8. The second kappa shape index (κ2) is 8.29. The van der Waals surface area contributed by atoms with Crippen LogP contribution in [0.1, 0.15) is 66.7 Å².